The third-order valence-electron chi connectivity index (χ3n) is 9.40. The number of hydrogen-bond acceptors (Lipinski definition) is 5. The van der Waals surface area contributed by atoms with Gasteiger partial charge in [-0.25, -0.2) is 19.9 Å². The molecule has 49 heavy (non-hydrogen) atoms. The molecule has 3 aromatic heterocycles. The number of benzene rings is 7. The summed E-state index contributed by atoms with van der Waals surface area (Å²) in [7, 11) is 0. The van der Waals surface area contributed by atoms with Gasteiger partial charge in [0.15, 0.2) is 17.5 Å². The van der Waals surface area contributed by atoms with Crippen molar-refractivity contribution in [1.29, 1.82) is 0 Å². The van der Waals surface area contributed by atoms with E-state index in [-0.39, 0.29) is 0 Å². The second-order valence-corrected chi connectivity index (χ2v) is 12.2. The van der Waals surface area contributed by atoms with Gasteiger partial charge >= 0.3 is 0 Å². The van der Waals surface area contributed by atoms with E-state index in [0.29, 0.717) is 23.2 Å². The van der Waals surface area contributed by atoms with E-state index in [9.17, 15) is 0 Å². The van der Waals surface area contributed by atoms with Crippen LogP contribution in [-0.2, 0) is 0 Å². The highest BCUT2D eigenvalue weighted by Crippen LogP contribution is 2.38. The largest absolute Gasteiger partial charge is 0.438 e. The first kappa shape index (κ1) is 27.4. The molecule has 7 aromatic carbocycles. The Kier molecular flexibility index (Phi) is 6.11. The molecule has 10 rings (SSSR count). The van der Waals surface area contributed by atoms with Gasteiger partial charge in [0.2, 0.25) is 5.71 Å². The minimum Gasteiger partial charge on any atom is -0.438 e. The first-order valence-electron chi connectivity index (χ1n) is 16.3. The van der Waals surface area contributed by atoms with Crippen LogP contribution in [0.1, 0.15) is 0 Å². The molecule has 5 nitrogen and oxygen atoms in total. The van der Waals surface area contributed by atoms with Gasteiger partial charge in [0.1, 0.15) is 5.58 Å². The molecule has 0 aliphatic carbocycles. The molecule has 0 unspecified atom stereocenters. The van der Waals surface area contributed by atoms with Crippen LogP contribution in [0, 0.1) is 0 Å². The van der Waals surface area contributed by atoms with Crippen molar-refractivity contribution in [2.24, 2.45) is 0 Å². The van der Waals surface area contributed by atoms with Gasteiger partial charge in [-0.2, -0.15) is 0 Å². The summed E-state index contributed by atoms with van der Waals surface area (Å²) >= 11 is 0. The molecule has 0 radical (unpaired) electrons. The summed E-state index contributed by atoms with van der Waals surface area (Å²) in [5.41, 5.74) is 6.50. The normalized spacial score (nSPS) is 11.7. The number of fused-ring (bicyclic) bond motifs is 7. The molecular formula is C44H26N4O. The van der Waals surface area contributed by atoms with Gasteiger partial charge in [0.25, 0.3) is 0 Å². The fraction of sp³-hybridized carbons (Fsp3) is 0. The molecule has 0 aliphatic rings. The number of pyridine rings is 1. The zero-order valence-electron chi connectivity index (χ0n) is 26.2. The van der Waals surface area contributed by atoms with Crippen molar-refractivity contribution >= 4 is 54.4 Å². The molecule has 0 aliphatic heterocycles. The summed E-state index contributed by atoms with van der Waals surface area (Å²) in [6, 6.07) is 52.5. The van der Waals surface area contributed by atoms with Crippen LogP contribution in [0.15, 0.2) is 162 Å². The summed E-state index contributed by atoms with van der Waals surface area (Å²) in [6.45, 7) is 0. The summed E-state index contributed by atoms with van der Waals surface area (Å²) in [4.78, 5) is 20.1. The number of rotatable bonds is 4. The Morgan fingerprint density at radius 2 is 1.06 bits per heavy atom. The zero-order chi connectivity index (χ0) is 32.3. The fourth-order valence-corrected chi connectivity index (χ4v) is 7.10. The predicted octanol–water partition coefficient (Wildman–Crippen LogP) is 11.3. The van der Waals surface area contributed by atoms with E-state index in [4.69, 9.17) is 19.4 Å². The van der Waals surface area contributed by atoms with Gasteiger partial charge in [0, 0.05) is 39.0 Å². The molecule has 0 fully saturated rings. The van der Waals surface area contributed by atoms with Gasteiger partial charge in [-0.3, -0.25) is 0 Å². The van der Waals surface area contributed by atoms with Crippen LogP contribution in [0.2, 0.25) is 0 Å². The maximum Gasteiger partial charge on any atom is 0.227 e. The number of furan rings is 1. The van der Waals surface area contributed by atoms with Crippen molar-refractivity contribution in [3.05, 3.63) is 158 Å². The molecule has 0 saturated carbocycles. The molecule has 0 atom stereocenters. The molecule has 228 valence electrons. The lowest BCUT2D eigenvalue weighted by Crippen LogP contribution is -2.01. The minimum absolute atomic E-state index is 0.591. The molecular weight excluding hydrogens is 601 g/mol. The smallest absolute Gasteiger partial charge is 0.227 e. The molecule has 10 aromatic rings. The van der Waals surface area contributed by atoms with Crippen molar-refractivity contribution in [3.8, 4) is 45.3 Å². The molecule has 0 N–H and O–H groups in total. The van der Waals surface area contributed by atoms with Gasteiger partial charge in [0.05, 0.1) is 0 Å². The van der Waals surface area contributed by atoms with E-state index >= 15 is 0 Å². The molecule has 5 heteroatoms. The maximum atomic E-state index is 6.05. The van der Waals surface area contributed by atoms with Crippen molar-refractivity contribution in [3.63, 3.8) is 0 Å². The van der Waals surface area contributed by atoms with Crippen LogP contribution in [0.5, 0.6) is 0 Å². The van der Waals surface area contributed by atoms with Crippen LogP contribution in [0.25, 0.3) is 99.7 Å². The van der Waals surface area contributed by atoms with Gasteiger partial charge in [-0.15, -0.1) is 0 Å². The minimum atomic E-state index is 0.591. The van der Waals surface area contributed by atoms with E-state index in [0.717, 1.165) is 60.0 Å². The van der Waals surface area contributed by atoms with Gasteiger partial charge < -0.3 is 4.42 Å². The maximum absolute atomic E-state index is 6.05. The highest BCUT2D eigenvalue weighted by atomic mass is 16.3. The lowest BCUT2D eigenvalue weighted by atomic mass is 9.94. The third-order valence-corrected chi connectivity index (χ3v) is 9.40. The lowest BCUT2D eigenvalue weighted by molar-refractivity contribution is 0.654. The van der Waals surface area contributed by atoms with Crippen molar-refractivity contribution in [1.82, 2.24) is 19.9 Å². The second-order valence-electron chi connectivity index (χ2n) is 12.2. The van der Waals surface area contributed by atoms with Gasteiger partial charge in [-0.1, -0.05) is 115 Å². The number of hydrogen-bond donors (Lipinski definition) is 0. The summed E-state index contributed by atoms with van der Waals surface area (Å²) in [6.07, 6.45) is 1.75. The summed E-state index contributed by atoms with van der Waals surface area (Å²) < 4.78 is 6.05. The number of nitrogens with zero attached hydrogens (tertiary/aromatic N) is 4. The zero-order valence-corrected chi connectivity index (χ0v) is 26.2. The Hall–Kier alpha value is -6.72. The third kappa shape index (κ3) is 4.48. The van der Waals surface area contributed by atoms with E-state index in [1.165, 1.54) is 16.5 Å². The second kappa shape index (κ2) is 10.9. The Balaban J connectivity index is 1.26. The Morgan fingerprint density at radius 3 is 1.94 bits per heavy atom. The predicted molar refractivity (Wildman–Crippen MR) is 199 cm³/mol. The monoisotopic (exact) mass is 626 g/mol. The van der Waals surface area contributed by atoms with Crippen LogP contribution >= 0.6 is 0 Å². The topological polar surface area (TPSA) is 64.7 Å². The van der Waals surface area contributed by atoms with Crippen LogP contribution in [0.4, 0.5) is 0 Å². The van der Waals surface area contributed by atoms with Crippen LogP contribution in [-0.4, -0.2) is 19.9 Å². The average molecular weight is 627 g/mol. The van der Waals surface area contributed by atoms with Crippen LogP contribution in [0.3, 0.4) is 0 Å². The molecule has 3 heterocycles. The molecule has 0 saturated heterocycles. The van der Waals surface area contributed by atoms with E-state index in [1.807, 2.05) is 30.3 Å². The number of aromatic nitrogens is 4. The Labute approximate surface area is 281 Å². The van der Waals surface area contributed by atoms with Crippen molar-refractivity contribution in [2.45, 2.75) is 0 Å². The summed E-state index contributed by atoms with van der Waals surface area (Å²) in [5.74, 6) is 1.83. The van der Waals surface area contributed by atoms with E-state index in [2.05, 4.69) is 126 Å². The van der Waals surface area contributed by atoms with E-state index in [1.54, 1.807) is 6.20 Å². The van der Waals surface area contributed by atoms with Crippen molar-refractivity contribution in [2.75, 3.05) is 0 Å². The highest BCUT2D eigenvalue weighted by Gasteiger charge is 2.19. The molecule has 0 bridgehead atoms. The lowest BCUT2D eigenvalue weighted by Gasteiger charge is -2.14. The van der Waals surface area contributed by atoms with Crippen LogP contribution < -0.4 is 0 Å². The average Bonchev–Trinajstić information content (AvgIpc) is 3.55. The quantitative estimate of drug-likeness (QED) is 0.182. The summed E-state index contributed by atoms with van der Waals surface area (Å²) in [5, 5.41) is 8.74. The SMILES string of the molecule is c1ccc(-c2ccc(-c3nc(-c4ccc5oc6ncccc6c5c4)nc(-c4cccc5ccc6ccccc6c45)n3)c3ccccc23)cc1. The standard InChI is InChI=1S/C44H26N4O/c1-2-10-27(11-3-1)31-22-23-35(34-16-7-6-15-33(31)34)42-46-41(30-21-24-39-38(26-30)36-18-9-25-45-44(36)49-39)47-43(48-42)37-17-8-13-29-20-19-28-12-4-5-14-32(28)40(29)37/h1-26H. The van der Waals surface area contributed by atoms with E-state index < -0.39 is 0 Å². The Morgan fingerprint density at radius 1 is 0.388 bits per heavy atom. The first-order chi connectivity index (χ1) is 24.3. The first-order valence-corrected chi connectivity index (χ1v) is 16.3. The Bertz CT molecular complexity index is 2890. The van der Waals surface area contributed by atoms with Crippen molar-refractivity contribution < 1.29 is 4.42 Å². The fourth-order valence-electron chi connectivity index (χ4n) is 7.10. The molecule has 0 amide bonds. The molecule has 0 spiro atoms. The van der Waals surface area contributed by atoms with Gasteiger partial charge in [-0.05, 0) is 74.5 Å². The highest BCUT2D eigenvalue weighted by molar-refractivity contribution is 6.14.